The summed E-state index contributed by atoms with van der Waals surface area (Å²) in [5.74, 6) is -4.83. The second-order valence-electron chi connectivity index (χ2n) is 8.74. The molecule has 0 saturated carbocycles. The van der Waals surface area contributed by atoms with Crippen molar-refractivity contribution in [2.75, 3.05) is 58.0 Å². The Hall–Kier alpha value is -3.60. The number of carbonyl (C=O) groups is 5. The first-order chi connectivity index (χ1) is 19.5. The molecule has 2 heterocycles. The van der Waals surface area contributed by atoms with E-state index in [0.717, 1.165) is 11.3 Å². The van der Waals surface area contributed by atoms with Crippen LogP contribution in [0.1, 0.15) is 46.4 Å². The number of nitrogens with one attached hydrogen (secondary N) is 2. The Balaban J connectivity index is 0.000000745. The average molecular weight is 591 g/mol. The number of amides is 4. The molecule has 0 radical (unpaired) electrons. The van der Waals surface area contributed by atoms with Crippen LogP contribution in [0.2, 0.25) is 0 Å². The number of carboxylic acids is 1. The number of nitrogens with zero attached hydrogens (tertiary/aromatic N) is 1. The predicted molar refractivity (Wildman–Crippen MR) is 136 cm³/mol. The highest BCUT2D eigenvalue weighted by atomic mass is 19.4. The molecular weight excluding hydrogens is 557 g/mol. The first kappa shape index (κ1) is 33.6. The number of halogens is 3. The minimum absolute atomic E-state index is 0.0858. The van der Waals surface area contributed by atoms with Gasteiger partial charge >= 0.3 is 12.1 Å². The van der Waals surface area contributed by atoms with Gasteiger partial charge in [-0.05, 0) is 37.9 Å². The third-order valence-electron chi connectivity index (χ3n) is 5.73. The molecule has 2 aliphatic heterocycles. The number of carbonyl (C=O) groups excluding carboxylic acids is 4. The minimum atomic E-state index is -5.08. The normalized spacial score (nSPS) is 16.7. The number of hydrogen-bond donors (Lipinski definition) is 4. The van der Waals surface area contributed by atoms with E-state index in [1.54, 1.807) is 18.2 Å². The molecule has 0 spiro atoms. The number of alkyl halides is 3. The number of aliphatic carboxylic acids is 1. The van der Waals surface area contributed by atoms with Crippen molar-refractivity contribution in [3.05, 3.63) is 29.3 Å². The Morgan fingerprint density at radius 3 is 2.15 bits per heavy atom. The Morgan fingerprint density at radius 2 is 1.59 bits per heavy atom. The van der Waals surface area contributed by atoms with Crippen molar-refractivity contribution in [2.45, 2.75) is 37.9 Å². The molecule has 1 aromatic carbocycles. The van der Waals surface area contributed by atoms with Crippen LogP contribution in [0, 0.1) is 0 Å². The van der Waals surface area contributed by atoms with E-state index in [1.807, 2.05) is 0 Å². The van der Waals surface area contributed by atoms with Crippen LogP contribution < -0.4 is 16.4 Å². The lowest BCUT2D eigenvalue weighted by Crippen LogP contribution is -2.54. The Kier molecular flexibility index (Phi) is 13.6. The fraction of sp³-hybridized carbons (Fsp3) is 0.560. The van der Waals surface area contributed by atoms with E-state index < -0.39 is 41.8 Å². The van der Waals surface area contributed by atoms with Crippen LogP contribution >= 0.6 is 0 Å². The molecular formula is C25H33F3N4O9. The number of benzene rings is 1. The summed E-state index contributed by atoms with van der Waals surface area (Å²) in [5.41, 5.74) is 6.42. The average Bonchev–Trinajstić information content (AvgIpc) is 3.17. The molecule has 1 aromatic rings. The molecule has 1 unspecified atom stereocenters. The monoisotopic (exact) mass is 590 g/mol. The molecule has 5 N–H and O–H groups in total. The molecule has 13 nitrogen and oxygen atoms in total. The minimum Gasteiger partial charge on any atom is -0.475 e. The highest BCUT2D eigenvalue weighted by Gasteiger charge is 2.45. The second kappa shape index (κ2) is 16.6. The summed E-state index contributed by atoms with van der Waals surface area (Å²) in [5, 5.41) is 12.5. The maximum Gasteiger partial charge on any atom is 0.490 e. The van der Waals surface area contributed by atoms with Crippen molar-refractivity contribution >= 4 is 35.3 Å². The SMILES string of the molecule is NCCCOCCOCCOCCCNc1cccc2c1C(=O)N(C1CCC(=O)NC1=O)C2=O.O=C(O)C(F)(F)F. The smallest absolute Gasteiger partial charge is 0.475 e. The number of piperidine rings is 1. The van der Waals surface area contributed by atoms with Gasteiger partial charge < -0.3 is 30.4 Å². The van der Waals surface area contributed by atoms with E-state index in [1.165, 1.54) is 0 Å². The highest BCUT2D eigenvalue weighted by molar-refractivity contribution is 6.25. The van der Waals surface area contributed by atoms with Gasteiger partial charge in [-0.15, -0.1) is 0 Å². The zero-order chi connectivity index (χ0) is 30.4. The van der Waals surface area contributed by atoms with Gasteiger partial charge in [0.1, 0.15) is 6.04 Å². The molecule has 3 rings (SSSR count). The first-order valence-corrected chi connectivity index (χ1v) is 12.8. The summed E-state index contributed by atoms with van der Waals surface area (Å²) in [6, 6.07) is 4.00. The molecule has 16 heteroatoms. The lowest BCUT2D eigenvalue weighted by atomic mass is 10.0. The number of hydrogen-bond acceptors (Lipinski definition) is 10. The van der Waals surface area contributed by atoms with Crippen LogP contribution in [0.15, 0.2) is 18.2 Å². The summed E-state index contributed by atoms with van der Waals surface area (Å²) < 4.78 is 48.0. The van der Waals surface area contributed by atoms with Crippen molar-refractivity contribution in [3.8, 4) is 0 Å². The van der Waals surface area contributed by atoms with E-state index in [4.69, 9.17) is 29.8 Å². The summed E-state index contributed by atoms with van der Waals surface area (Å²) in [4.78, 5) is 59.4. The molecule has 1 atom stereocenters. The van der Waals surface area contributed by atoms with E-state index in [0.29, 0.717) is 64.8 Å². The van der Waals surface area contributed by atoms with Crippen LogP contribution in [-0.4, -0.2) is 105 Å². The fourth-order valence-corrected chi connectivity index (χ4v) is 3.79. The first-order valence-electron chi connectivity index (χ1n) is 12.8. The molecule has 41 heavy (non-hydrogen) atoms. The molecule has 0 aliphatic carbocycles. The van der Waals surface area contributed by atoms with Gasteiger partial charge in [0.2, 0.25) is 11.8 Å². The van der Waals surface area contributed by atoms with Crippen LogP contribution in [0.25, 0.3) is 0 Å². The second-order valence-corrected chi connectivity index (χ2v) is 8.74. The molecule has 0 aromatic heterocycles. The van der Waals surface area contributed by atoms with E-state index in [2.05, 4.69) is 10.6 Å². The standard InChI is InChI=1S/C23H32N4O7.C2HF3O2/c24-8-2-10-32-12-14-34-15-13-33-11-3-9-25-17-5-1-4-16-20(17)23(31)27(22(16)30)18-6-7-19(28)26-21(18)29;3-2(4,5)1(6)7/h1,4-5,18,25H,2-3,6-15,24H2,(H,26,28,29);(H,6,7). The van der Waals surface area contributed by atoms with Crippen molar-refractivity contribution in [1.82, 2.24) is 10.2 Å². The summed E-state index contributed by atoms with van der Waals surface area (Å²) in [6.07, 6.45) is -3.35. The van der Waals surface area contributed by atoms with Gasteiger partial charge in [0.05, 0.1) is 37.6 Å². The molecule has 0 bridgehead atoms. The van der Waals surface area contributed by atoms with Crippen LogP contribution in [-0.2, 0) is 28.6 Å². The Bertz CT molecular complexity index is 1080. The summed E-state index contributed by atoms with van der Waals surface area (Å²) in [6.45, 7) is 4.29. The number of fused-ring (bicyclic) bond motifs is 1. The maximum absolute atomic E-state index is 13.0. The van der Waals surface area contributed by atoms with Crippen molar-refractivity contribution in [3.63, 3.8) is 0 Å². The largest absolute Gasteiger partial charge is 0.490 e. The Morgan fingerprint density at radius 1 is 1.00 bits per heavy atom. The van der Waals surface area contributed by atoms with Gasteiger partial charge in [0.25, 0.3) is 11.8 Å². The molecule has 4 amide bonds. The lowest BCUT2D eigenvalue weighted by Gasteiger charge is -2.27. The number of nitrogens with two attached hydrogens (primary N) is 1. The number of anilines is 1. The van der Waals surface area contributed by atoms with Crippen molar-refractivity contribution in [1.29, 1.82) is 0 Å². The topological polar surface area (TPSA) is 187 Å². The fourth-order valence-electron chi connectivity index (χ4n) is 3.79. The van der Waals surface area contributed by atoms with Gasteiger partial charge in [-0.2, -0.15) is 13.2 Å². The molecule has 1 saturated heterocycles. The predicted octanol–water partition coefficient (Wildman–Crippen LogP) is 0.922. The van der Waals surface area contributed by atoms with Crippen LogP contribution in [0.3, 0.4) is 0 Å². The summed E-state index contributed by atoms with van der Waals surface area (Å²) in [7, 11) is 0. The molecule has 2 aliphatic rings. The van der Waals surface area contributed by atoms with Gasteiger partial charge in [0, 0.05) is 31.9 Å². The lowest BCUT2D eigenvalue weighted by molar-refractivity contribution is -0.192. The maximum atomic E-state index is 13.0. The third kappa shape index (κ3) is 10.4. The number of imide groups is 2. The third-order valence-corrected chi connectivity index (χ3v) is 5.73. The quantitative estimate of drug-likeness (QED) is 0.168. The van der Waals surface area contributed by atoms with Crippen molar-refractivity contribution in [2.24, 2.45) is 5.73 Å². The van der Waals surface area contributed by atoms with Gasteiger partial charge in [-0.1, -0.05) is 6.07 Å². The Labute approximate surface area is 233 Å². The van der Waals surface area contributed by atoms with E-state index in [-0.39, 0.29) is 24.0 Å². The number of carboxylic acid groups (broad SMARTS) is 1. The van der Waals surface area contributed by atoms with E-state index >= 15 is 0 Å². The molecule has 228 valence electrons. The van der Waals surface area contributed by atoms with Crippen molar-refractivity contribution < 1.29 is 56.5 Å². The highest BCUT2D eigenvalue weighted by Crippen LogP contribution is 2.32. The number of rotatable bonds is 15. The van der Waals surface area contributed by atoms with Gasteiger partial charge in [-0.25, -0.2) is 4.79 Å². The molecule has 1 fully saturated rings. The van der Waals surface area contributed by atoms with Gasteiger partial charge in [-0.3, -0.25) is 29.4 Å². The summed E-state index contributed by atoms with van der Waals surface area (Å²) >= 11 is 0. The zero-order valence-corrected chi connectivity index (χ0v) is 22.2. The van der Waals surface area contributed by atoms with Crippen LogP contribution in [0.4, 0.5) is 18.9 Å². The van der Waals surface area contributed by atoms with E-state index in [9.17, 15) is 32.3 Å². The number of ether oxygens (including phenoxy) is 3. The van der Waals surface area contributed by atoms with Crippen LogP contribution in [0.5, 0.6) is 0 Å². The van der Waals surface area contributed by atoms with Gasteiger partial charge in [0.15, 0.2) is 0 Å². The zero-order valence-electron chi connectivity index (χ0n) is 22.2.